The fourth-order valence-corrected chi connectivity index (χ4v) is 4.17. The Kier molecular flexibility index (Phi) is 6.96. The number of hydrogen-bond acceptors (Lipinski definition) is 3. The molecule has 6 nitrogen and oxygen atoms in total. The molecule has 0 unspecified atom stereocenters. The van der Waals surface area contributed by atoms with Gasteiger partial charge in [-0.3, -0.25) is 4.79 Å². The average molecular weight is 458 g/mol. The molecule has 0 saturated carbocycles. The molecule has 1 aromatic heterocycles. The fraction of sp³-hybridized carbons (Fsp3) is 0.375. The number of nitrogens with zero attached hydrogens (tertiary/aromatic N) is 3. The van der Waals surface area contributed by atoms with Gasteiger partial charge in [0.25, 0.3) is 5.91 Å². The lowest BCUT2D eigenvalue weighted by Crippen LogP contribution is -2.51. The topological polar surface area (TPSA) is 65.5 Å². The normalized spacial score (nSPS) is 17.1. The standard InChI is InChI=1S/C24H25F3N4O2/c25-18-4-5-20(26)17(15-18)14-16-6-10-31(11-7-16)24(33)28-19-8-12-30(13-9-19)23(32)21-2-1-3-22(27)29-21/h1-5,14-15,19H,6-13H2,(H,28,33). The van der Waals surface area contributed by atoms with Crippen LogP contribution in [0.4, 0.5) is 18.0 Å². The molecule has 1 aromatic carbocycles. The first-order valence-corrected chi connectivity index (χ1v) is 11.0. The van der Waals surface area contributed by atoms with Crippen molar-refractivity contribution in [1.82, 2.24) is 20.1 Å². The van der Waals surface area contributed by atoms with Gasteiger partial charge in [0.2, 0.25) is 5.95 Å². The SMILES string of the molecule is O=C(NC1CCN(C(=O)c2cccc(F)n2)CC1)N1CCC(=Cc2cc(F)ccc2F)CC1. The Hall–Kier alpha value is -3.36. The van der Waals surface area contributed by atoms with Crippen molar-refractivity contribution in [2.75, 3.05) is 26.2 Å². The second-order valence-corrected chi connectivity index (χ2v) is 8.32. The van der Waals surface area contributed by atoms with Crippen molar-refractivity contribution in [2.45, 2.75) is 31.7 Å². The van der Waals surface area contributed by atoms with Gasteiger partial charge >= 0.3 is 6.03 Å². The highest BCUT2D eigenvalue weighted by Crippen LogP contribution is 2.22. The molecule has 9 heteroatoms. The summed E-state index contributed by atoms with van der Waals surface area (Å²) in [5, 5.41) is 3.02. The Balaban J connectivity index is 1.24. The van der Waals surface area contributed by atoms with Crippen LogP contribution in [0, 0.1) is 17.6 Å². The molecule has 2 aliphatic rings. The van der Waals surface area contributed by atoms with Gasteiger partial charge in [0.15, 0.2) is 0 Å². The molecule has 0 spiro atoms. The Morgan fingerprint density at radius 3 is 2.39 bits per heavy atom. The first kappa shape index (κ1) is 22.8. The second-order valence-electron chi connectivity index (χ2n) is 8.32. The van der Waals surface area contributed by atoms with Crippen molar-refractivity contribution in [3.05, 3.63) is 70.8 Å². The number of urea groups is 1. The molecule has 174 valence electrons. The quantitative estimate of drug-likeness (QED) is 0.708. The van der Waals surface area contributed by atoms with Crippen LogP contribution in [-0.4, -0.2) is 58.9 Å². The summed E-state index contributed by atoms with van der Waals surface area (Å²) in [5.74, 6) is -1.96. The number of nitrogens with one attached hydrogen (secondary N) is 1. The summed E-state index contributed by atoms with van der Waals surface area (Å²) in [5.41, 5.74) is 1.27. The van der Waals surface area contributed by atoms with Crippen molar-refractivity contribution >= 4 is 18.0 Å². The van der Waals surface area contributed by atoms with Gasteiger partial charge in [-0.15, -0.1) is 0 Å². The Bertz CT molecular complexity index is 1060. The average Bonchev–Trinajstić information content (AvgIpc) is 2.82. The van der Waals surface area contributed by atoms with Crippen LogP contribution >= 0.6 is 0 Å². The molecule has 2 saturated heterocycles. The minimum absolute atomic E-state index is 0.0552. The third-order valence-corrected chi connectivity index (χ3v) is 6.05. The molecule has 3 heterocycles. The highest BCUT2D eigenvalue weighted by Gasteiger charge is 2.27. The van der Waals surface area contributed by atoms with Crippen LogP contribution in [0.5, 0.6) is 0 Å². The maximum atomic E-state index is 13.9. The Morgan fingerprint density at radius 2 is 1.70 bits per heavy atom. The predicted octanol–water partition coefficient (Wildman–Crippen LogP) is 3.99. The number of likely N-dealkylation sites (tertiary alicyclic amines) is 2. The zero-order valence-electron chi connectivity index (χ0n) is 18.1. The second kappa shape index (κ2) is 10.1. The van der Waals surface area contributed by atoms with Crippen LogP contribution in [0.3, 0.4) is 0 Å². The molecule has 0 bridgehead atoms. The van der Waals surface area contributed by atoms with Gasteiger partial charge < -0.3 is 15.1 Å². The lowest BCUT2D eigenvalue weighted by molar-refractivity contribution is 0.0699. The molecule has 2 aliphatic heterocycles. The van der Waals surface area contributed by atoms with Crippen molar-refractivity contribution in [1.29, 1.82) is 0 Å². The van der Waals surface area contributed by atoms with Gasteiger partial charge in [-0.2, -0.15) is 4.39 Å². The summed E-state index contributed by atoms with van der Waals surface area (Å²) in [4.78, 5) is 32.1. The number of pyridine rings is 1. The Morgan fingerprint density at radius 1 is 0.970 bits per heavy atom. The summed E-state index contributed by atoms with van der Waals surface area (Å²) in [6, 6.07) is 7.28. The number of halogens is 3. The number of amides is 3. The number of aromatic nitrogens is 1. The van der Waals surface area contributed by atoms with E-state index in [1.165, 1.54) is 24.3 Å². The lowest BCUT2D eigenvalue weighted by atomic mass is 10.0. The van der Waals surface area contributed by atoms with E-state index >= 15 is 0 Å². The molecule has 4 rings (SSSR count). The van der Waals surface area contributed by atoms with E-state index < -0.39 is 17.6 Å². The third-order valence-electron chi connectivity index (χ3n) is 6.05. The maximum absolute atomic E-state index is 13.9. The molecular formula is C24H25F3N4O2. The molecule has 2 fully saturated rings. The van der Waals surface area contributed by atoms with E-state index in [2.05, 4.69) is 10.3 Å². The first-order chi connectivity index (χ1) is 15.9. The van der Waals surface area contributed by atoms with E-state index in [1.807, 2.05) is 0 Å². The molecule has 2 aromatic rings. The van der Waals surface area contributed by atoms with Crippen molar-refractivity contribution in [2.24, 2.45) is 0 Å². The number of carbonyl (C=O) groups is 2. The largest absolute Gasteiger partial charge is 0.337 e. The number of benzene rings is 1. The van der Waals surface area contributed by atoms with E-state index in [1.54, 1.807) is 15.9 Å². The van der Waals surface area contributed by atoms with E-state index in [0.29, 0.717) is 51.9 Å². The molecular weight excluding hydrogens is 433 g/mol. The number of rotatable bonds is 3. The maximum Gasteiger partial charge on any atom is 0.317 e. The van der Waals surface area contributed by atoms with Crippen LogP contribution < -0.4 is 5.32 Å². The van der Waals surface area contributed by atoms with Gasteiger partial charge in [-0.25, -0.2) is 18.6 Å². The minimum Gasteiger partial charge on any atom is -0.337 e. The molecule has 0 atom stereocenters. The monoisotopic (exact) mass is 458 g/mol. The lowest BCUT2D eigenvalue weighted by Gasteiger charge is -2.35. The summed E-state index contributed by atoms with van der Waals surface area (Å²) >= 11 is 0. The van der Waals surface area contributed by atoms with Gasteiger partial charge in [-0.05, 0) is 56.0 Å². The van der Waals surface area contributed by atoms with E-state index in [4.69, 9.17) is 0 Å². The van der Waals surface area contributed by atoms with E-state index in [-0.39, 0.29) is 29.2 Å². The van der Waals surface area contributed by atoms with Crippen LogP contribution in [0.2, 0.25) is 0 Å². The van der Waals surface area contributed by atoms with Gasteiger partial charge in [0.1, 0.15) is 17.3 Å². The first-order valence-electron chi connectivity index (χ1n) is 11.0. The summed E-state index contributed by atoms with van der Waals surface area (Å²) in [7, 11) is 0. The predicted molar refractivity (Wildman–Crippen MR) is 117 cm³/mol. The summed E-state index contributed by atoms with van der Waals surface area (Å²) < 4.78 is 40.5. The number of carbonyl (C=O) groups excluding carboxylic acids is 2. The third kappa shape index (κ3) is 5.71. The Labute approximate surface area is 190 Å². The minimum atomic E-state index is -0.691. The molecule has 1 N–H and O–H groups in total. The fourth-order valence-electron chi connectivity index (χ4n) is 4.17. The van der Waals surface area contributed by atoms with Crippen LogP contribution in [-0.2, 0) is 0 Å². The van der Waals surface area contributed by atoms with E-state index in [9.17, 15) is 22.8 Å². The summed E-state index contributed by atoms with van der Waals surface area (Å²) in [6.07, 6.45) is 4.05. The van der Waals surface area contributed by atoms with Crippen LogP contribution in [0.25, 0.3) is 6.08 Å². The molecule has 33 heavy (non-hydrogen) atoms. The highest BCUT2D eigenvalue weighted by atomic mass is 19.1. The van der Waals surface area contributed by atoms with Crippen molar-refractivity contribution in [3.8, 4) is 0 Å². The molecule has 0 aliphatic carbocycles. The zero-order valence-corrected chi connectivity index (χ0v) is 18.1. The molecule has 0 radical (unpaired) electrons. The number of piperidine rings is 2. The zero-order chi connectivity index (χ0) is 23.4. The van der Waals surface area contributed by atoms with Gasteiger partial charge in [0, 0.05) is 37.8 Å². The van der Waals surface area contributed by atoms with E-state index in [0.717, 1.165) is 17.7 Å². The molecule has 3 amide bonds. The summed E-state index contributed by atoms with van der Waals surface area (Å²) in [6.45, 7) is 1.90. The van der Waals surface area contributed by atoms with Crippen molar-refractivity contribution in [3.63, 3.8) is 0 Å². The van der Waals surface area contributed by atoms with Gasteiger partial charge in [0.05, 0.1) is 0 Å². The van der Waals surface area contributed by atoms with Crippen molar-refractivity contribution < 1.29 is 22.8 Å². The number of hydrogen-bond donors (Lipinski definition) is 1. The van der Waals surface area contributed by atoms with Crippen LogP contribution in [0.1, 0.15) is 41.7 Å². The van der Waals surface area contributed by atoms with Crippen LogP contribution in [0.15, 0.2) is 42.0 Å². The van der Waals surface area contributed by atoms with Gasteiger partial charge in [-0.1, -0.05) is 17.7 Å². The smallest absolute Gasteiger partial charge is 0.317 e. The highest BCUT2D eigenvalue weighted by molar-refractivity contribution is 5.92.